The number of nitrogens with zero attached hydrogens (tertiary/aromatic N) is 1. The first kappa shape index (κ1) is 24.3. The number of methoxy groups -OCH3 is 1. The molecule has 1 amide bonds. The van der Waals surface area contributed by atoms with E-state index in [1.54, 1.807) is 30.3 Å². The molecule has 0 bridgehead atoms. The highest BCUT2D eigenvalue weighted by Crippen LogP contribution is 2.27. The molecule has 0 atom stereocenters. The van der Waals surface area contributed by atoms with E-state index in [0.717, 1.165) is 15.4 Å². The van der Waals surface area contributed by atoms with E-state index in [9.17, 15) is 13.2 Å². The predicted octanol–water partition coefficient (Wildman–Crippen LogP) is 5.24. The molecule has 0 spiro atoms. The van der Waals surface area contributed by atoms with Crippen LogP contribution in [0.2, 0.25) is 0 Å². The summed E-state index contributed by atoms with van der Waals surface area (Å²) in [4.78, 5) is 13.2. The second-order valence-electron chi connectivity index (χ2n) is 8.14. The molecule has 0 aliphatic rings. The van der Waals surface area contributed by atoms with Gasteiger partial charge in [-0.2, -0.15) is 4.31 Å². The van der Waals surface area contributed by atoms with Crippen LogP contribution in [0.5, 0.6) is 11.5 Å². The topological polar surface area (TPSA) is 72.9 Å². The van der Waals surface area contributed by atoms with Crippen molar-refractivity contribution in [3.63, 3.8) is 0 Å². The Morgan fingerprint density at radius 1 is 0.909 bits per heavy atom. The van der Waals surface area contributed by atoms with E-state index in [4.69, 9.17) is 9.47 Å². The van der Waals surface area contributed by atoms with Gasteiger partial charge in [0.1, 0.15) is 11.5 Å². The summed E-state index contributed by atoms with van der Waals surface area (Å²) in [6.07, 6.45) is 0. The zero-order valence-corrected chi connectivity index (χ0v) is 20.3. The summed E-state index contributed by atoms with van der Waals surface area (Å²) in [5.41, 5.74) is 3.36. The molecule has 7 heteroatoms. The molecule has 0 N–H and O–H groups in total. The Balaban J connectivity index is 1.92. The molecule has 0 aromatic heterocycles. The van der Waals surface area contributed by atoms with Crippen LogP contribution in [0.3, 0.4) is 0 Å². The van der Waals surface area contributed by atoms with Gasteiger partial charge in [-0.05, 0) is 79.4 Å². The maximum absolute atomic E-state index is 13.4. The highest BCUT2D eigenvalue weighted by atomic mass is 32.2. The maximum atomic E-state index is 13.4. The second kappa shape index (κ2) is 10.1. The number of aryl methyl sites for hydroxylation is 2. The molecule has 0 fully saturated rings. The Morgan fingerprint density at radius 2 is 1.52 bits per heavy atom. The zero-order valence-electron chi connectivity index (χ0n) is 19.5. The first-order valence-electron chi connectivity index (χ1n) is 10.7. The summed E-state index contributed by atoms with van der Waals surface area (Å²) in [5, 5.41) is 0. The number of rotatable bonds is 8. The van der Waals surface area contributed by atoms with Gasteiger partial charge in [0.05, 0.1) is 17.7 Å². The number of carbonyl (C=O) groups is 1. The van der Waals surface area contributed by atoms with Crippen molar-refractivity contribution in [3.05, 3.63) is 83.4 Å². The quantitative estimate of drug-likeness (QED) is 0.453. The minimum absolute atomic E-state index is 0.0226. The predicted molar refractivity (Wildman–Crippen MR) is 130 cm³/mol. The van der Waals surface area contributed by atoms with Crippen LogP contribution < -0.4 is 13.8 Å². The van der Waals surface area contributed by atoms with Gasteiger partial charge in [-0.3, -0.25) is 4.79 Å². The molecule has 33 heavy (non-hydrogen) atoms. The summed E-state index contributed by atoms with van der Waals surface area (Å²) >= 11 is 0. The smallest absolute Gasteiger partial charge is 0.278 e. The molecule has 3 aromatic rings. The van der Waals surface area contributed by atoms with Crippen LogP contribution >= 0.6 is 0 Å². The fraction of sp³-hybridized carbons (Fsp3) is 0.269. The molecule has 6 nitrogen and oxygen atoms in total. The Bertz CT molecular complexity index is 1220. The van der Waals surface area contributed by atoms with Gasteiger partial charge >= 0.3 is 0 Å². The van der Waals surface area contributed by atoms with Crippen molar-refractivity contribution in [2.75, 3.05) is 18.0 Å². The summed E-state index contributed by atoms with van der Waals surface area (Å²) < 4.78 is 38.5. The molecular formula is C26H29NO5S. The minimum atomic E-state index is -4.16. The van der Waals surface area contributed by atoms with E-state index in [-0.39, 0.29) is 10.6 Å². The molecular weight excluding hydrogens is 438 g/mol. The van der Waals surface area contributed by atoms with Crippen LogP contribution in [-0.2, 0) is 14.8 Å². The number of hydrogen-bond acceptors (Lipinski definition) is 5. The van der Waals surface area contributed by atoms with Crippen molar-refractivity contribution in [2.45, 2.75) is 38.5 Å². The first-order chi connectivity index (χ1) is 15.6. The Hall–Kier alpha value is -3.32. The largest absolute Gasteiger partial charge is 0.497 e. The Morgan fingerprint density at radius 3 is 2.06 bits per heavy atom. The van der Waals surface area contributed by atoms with Crippen LogP contribution in [0.4, 0.5) is 5.69 Å². The first-order valence-corrected chi connectivity index (χ1v) is 12.1. The SMILES string of the molecule is COc1ccc(N(C(=O)COc2ccc(C(C)C)c(C)c2)S(=O)(=O)c2ccc(C)cc2)cc1. The fourth-order valence-electron chi connectivity index (χ4n) is 3.54. The van der Waals surface area contributed by atoms with Crippen molar-refractivity contribution in [3.8, 4) is 11.5 Å². The van der Waals surface area contributed by atoms with Crippen molar-refractivity contribution < 1.29 is 22.7 Å². The van der Waals surface area contributed by atoms with Crippen LogP contribution in [0, 0.1) is 13.8 Å². The third-order valence-corrected chi connectivity index (χ3v) is 7.08. The number of sulfonamides is 1. The summed E-state index contributed by atoms with van der Waals surface area (Å²) in [7, 11) is -2.64. The van der Waals surface area contributed by atoms with Crippen LogP contribution in [0.25, 0.3) is 0 Å². The van der Waals surface area contributed by atoms with E-state index in [0.29, 0.717) is 17.4 Å². The van der Waals surface area contributed by atoms with Crippen molar-refractivity contribution in [2.24, 2.45) is 0 Å². The van der Waals surface area contributed by atoms with Crippen molar-refractivity contribution in [1.29, 1.82) is 0 Å². The van der Waals surface area contributed by atoms with Gasteiger partial charge in [0.15, 0.2) is 6.61 Å². The zero-order chi connectivity index (χ0) is 24.2. The number of ether oxygens (including phenoxy) is 2. The highest BCUT2D eigenvalue weighted by Gasteiger charge is 2.31. The van der Waals surface area contributed by atoms with E-state index in [2.05, 4.69) is 13.8 Å². The monoisotopic (exact) mass is 467 g/mol. The van der Waals surface area contributed by atoms with Crippen molar-refractivity contribution in [1.82, 2.24) is 0 Å². The van der Waals surface area contributed by atoms with Gasteiger partial charge in [0, 0.05) is 0 Å². The van der Waals surface area contributed by atoms with E-state index >= 15 is 0 Å². The van der Waals surface area contributed by atoms with Gasteiger partial charge < -0.3 is 9.47 Å². The fourth-order valence-corrected chi connectivity index (χ4v) is 4.95. The van der Waals surface area contributed by atoms with Gasteiger partial charge in [0.25, 0.3) is 15.9 Å². The lowest BCUT2D eigenvalue weighted by molar-refractivity contribution is -0.119. The van der Waals surface area contributed by atoms with Gasteiger partial charge in [-0.15, -0.1) is 0 Å². The van der Waals surface area contributed by atoms with Crippen LogP contribution in [-0.4, -0.2) is 28.0 Å². The van der Waals surface area contributed by atoms with Crippen LogP contribution in [0.15, 0.2) is 71.6 Å². The average molecular weight is 468 g/mol. The van der Waals surface area contributed by atoms with Gasteiger partial charge in [0.2, 0.25) is 0 Å². The Labute approximate surface area is 195 Å². The second-order valence-corrected chi connectivity index (χ2v) is 9.92. The summed E-state index contributed by atoms with van der Waals surface area (Å²) in [5.74, 6) is 0.723. The Kier molecular flexibility index (Phi) is 7.43. The lowest BCUT2D eigenvalue weighted by Crippen LogP contribution is -2.40. The lowest BCUT2D eigenvalue weighted by atomic mass is 9.98. The maximum Gasteiger partial charge on any atom is 0.278 e. The van der Waals surface area contributed by atoms with E-state index in [1.807, 2.05) is 26.0 Å². The molecule has 0 radical (unpaired) electrons. The number of hydrogen-bond donors (Lipinski definition) is 0. The average Bonchev–Trinajstić information content (AvgIpc) is 2.78. The minimum Gasteiger partial charge on any atom is -0.497 e. The molecule has 0 unspecified atom stereocenters. The summed E-state index contributed by atoms with van der Waals surface area (Å²) in [6.45, 7) is 7.63. The van der Waals surface area contributed by atoms with Crippen LogP contribution in [0.1, 0.15) is 36.5 Å². The molecule has 0 saturated carbocycles. The lowest BCUT2D eigenvalue weighted by Gasteiger charge is -2.23. The third-order valence-electron chi connectivity index (χ3n) is 5.32. The molecule has 3 aromatic carbocycles. The number of benzene rings is 3. The molecule has 3 rings (SSSR count). The van der Waals surface area contributed by atoms with Gasteiger partial charge in [-0.25, -0.2) is 8.42 Å². The third kappa shape index (κ3) is 5.54. The molecule has 0 aliphatic carbocycles. The van der Waals surface area contributed by atoms with E-state index < -0.39 is 22.5 Å². The summed E-state index contributed by atoms with van der Waals surface area (Å²) in [6, 6.07) is 18.3. The molecule has 174 valence electrons. The molecule has 0 saturated heterocycles. The number of anilines is 1. The number of amides is 1. The standard InChI is InChI=1S/C26H29NO5S/c1-18(2)25-15-12-23(16-20(25)4)32-17-26(28)27(21-8-10-22(31-5)11-9-21)33(29,30)24-13-6-19(3)7-14-24/h6-16,18H,17H2,1-5H3. The highest BCUT2D eigenvalue weighted by molar-refractivity contribution is 7.93. The van der Waals surface area contributed by atoms with Gasteiger partial charge in [-0.1, -0.05) is 37.6 Å². The van der Waals surface area contributed by atoms with E-state index in [1.165, 1.54) is 36.9 Å². The normalized spacial score (nSPS) is 11.3. The molecule has 0 aliphatic heterocycles. The van der Waals surface area contributed by atoms with Crippen molar-refractivity contribution >= 4 is 21.6 Å². The molecule has 0 heterocycles. The number of carbonyl (C=O) groups excluding carboxylic acids is 1.